The Kier molecular flexibility index (Phi) is 9.74. The lowest BCUT2D eigenvalue weighted by atomic mass is 9.87. The minimum atomic E-state index is -0.960. The number of fused-ring (bicyclic) bond motifs is 1. The van der Waals surface area contributed by atoms with Gasteiger partial charge >= 0.3 is 5.97 Å². The second-order valence-corrected chi connectivity index (χ2v) is 10.0. The molecule has 1 saturated heterocycles. The number of carboxylic acid groups (broad SMARTS) is 1. The van der Waals surface area contributed by atoms with Crippen LogP contribution in [-0.2, 0) is 14.3 Å². The van der Waals surface area contributed by atoms with E-state index in [0.717, 1.165) is 12.8 Å². The molecule has 7 nitrogen and oxygen atoms in total. The van der Waals surface area contributed by atoms with Crippen LogP contribution in [0, 0.1) is 29.5 Å². The minimum absolute atomic E-state index is 0.0797. The first kappa shape index (κ1) is 26.9. The SMILES string of the molecule is CC(C)C(OC[C@@H]1CC[C@@H]2[C@@H](/C=C/[C@@H](O)COc3cc(F)cc(Cl)c3)[C@H](O)C[C@@H]2OC1)C(=O)O. The largest absolute Gasteiger partial charge is 0.490 e. The van der Waals surface area contributed by atoms with Gasteiger partial charge in [0.25, 0.3) is 0 Å². The van der Waals surface area contributed by atoms with Gasteiger partial charge < -0.3 is 29.5 Å². The predicted octanol–water partition coefficient (Wildman–Crippen LogP) is 3.69. The average molecular weight is 501 g/mol. The van der Waals surface area contributed by atoms with E-state index < -0.39 is 30.1 Å². The first-order chi connectivity index (χ1) is 16.1. The number of halogens is 2. The van der Waals surface area contributed by atoms with E-state index in [4.69, 9.17) is 25.8 Å². The molecule has 0 spiro atoms. The molecule has 1 aliphatic heterocycles. The number of ether oxygens (including phenoxy) is 3. The Morgan fingerprint density at radius 1 is 1.32 bits per heavy atom. The lowest BCUT2D eigenvalue weighted by molar-refractivity contribution is -0.155. The number of aliphatic hydroxyl groups excluding tert-OH is 2. The van der Waals surface area contributed by atoms with Crippen LogP contribution in [0.1, 0.15) is 33.1 Å². The highest BCUT2D eigenvalue weighted by molar-refractivity contribution is 6.30. The van der Waals surface area contributed by atoms with E-state index in [-0.39, 0.29) is 47.2 Å². The van der Waals surface area contributed by atoms with Gasteiger partial charge in [-0.1, -0.05) is 37.6 Å². The maximum atomic E-state index is 13.4. The quantitative estimate of drug-likeness (QED) is 0.421. The van der Waals surface area contributed by atoms with E-state index in [2.05, 4.69) is 0 Å². The number of benzene rings is 1. The molecule has 0 radical (unpaired) electrons. The highest BCUT2D eigenvalue weighted by Gasteiger charge is 2.43. The molecule has 1 unspecified atom stereocenters. The molecule has 1 aromatic rings. The van der Waals surface area contributed by atoms with Crippen molar-refractivity contribution in [1.29, 1.82) is 0 Å². The third kappa shape index (κ3) is 7.39. The monoisotopic (exact) mass is 500 g/mol. The van der Waals surface area contributed by atoms with Crippen LogP contribution in [0.25, 0.3) is 0 Å². The maximum absolute atomic E-state index is 13.4. The van der Waals surface area contributed by atoms with Crippen LogP contribution in [0.5, 0.6) is 5.75 Å². The summed E-state index contributed by atoms with van der Waals surface area (Å²) in [6.45, 7) is 4.33. The Morgan fingerprint density at radius 3 is 2.76 bits per heavy atom. The summed E-state index contributed by atoms with van der Waals surface area (Å²) in [7, 11) is 0. The van der Waals surface area contributed by atoms with Crippen molar-refractivity contribution in [2.45, 2.75) is 57.5 Å². The molecular weight excluding hydrogens is 467 g/mol. The van der Waals surface area contributed by atoms with Crippen molar-refractivity contribution >= 4 is 17.6 Å². The van der Waals surface area contributed by atoms with Gasteiger partial charge in [0, 0.05) is 29.3 Å². The van der Waals surface area contributed by atoms with Crippen molar-refractivity contribution in [3.05, 3.63) is 41.2 Å². The van der Waals surface area contributed by atoms with Crippen molar-refractivity contribution in [2.24, 2.45) is 23.7 Å². The van der Waals surface area contributed by atoms with Gasteiger partial charge in [0.1, 0.15) is 24.3 Å². The molecule has 34 heavy (non-hydrogen) atoms. The fourth-order valence-corrected chi connectivity index (χ4v) is 4.95. The molecule has 3 N–H and O–H groups in total. The lowest BCUT2D eigenvalue weighted by Crippen LogP contribution is -2.32. The molecule has 3 rings (SSSR count). The number of aliphatic hydroxyl groups is 2. The summed E-state index contributed by atoms with van der Waals surface area (Å²) in [5.41, 5.74) is 0. The highest BCUT2D eigenvalue weighted by Crippen LogP contribution is 2.41. The number of hydrogen-bond acceptors (Lipinski definition) is 6. The molecule has 2 aliphatic rings. The zero-order valence-corrected chi connectivity index (χ0v) is 20.2. The Balaban J connectivity index is 1.52. The highest BCUT2D eigenvalue weighted by atomic mass is 35.5. The Labute approximate surface area is 204 Å². The molecule has 7 atom stereocenters. The van der Waals surface area contributed by atoms with Crippen LogP contribution >= 0.6 is 11.6 Å². The molecule has 9 heteroatoms. The minimum Gasteiger partial charge on any atom is -0.490 e. The summed E-state index contributed by atoms with van der Waals surface area (Å²) in [5, 5.41) is 30.4. The van der Waals surface area contributed by atoms with Crippen LogP contribution in [0.4, 0.5) is 4.39 Å². The van der Waals surface area contributed by atoms with Gasteiger partial charge in [-0.2, -0.15) is 0 Å². The lowest BCUT2D eigenvalue weighted by Gasteiger charge is -2.22. The number of carboxylic acids is 1. The molecule has 1 aliphatic carbocycles. The smallest absolute Gasteiger partial charge is 0.333 e. The van der Waals surface area contributed by atoms with E-state index in [9.17, 15) is 24.5 Å². The van der Waals surface area contributed by atoms with E-state index in [1.807, 2.05) is 13.8 Å². The van der Waals surface area contributed by atoms with Gasteiger partial charge in [-0.3, -0.25) is 0 Å². The topological polar surface area (TPSA) is 105 Å². The molecule has 0 bridgehead atoms. The number of aliphatic carboxylic acids is 1. The second kappa shape index (κ2) is 12.3. The Hall–Kier alpha value is -1.71. The van der Waals surface area contributed by atoms with Gasteiger partial charge in [-0.05, 0) is 36.8 Å². The molecule has 2 fully saturated rings. The fourth-order valence-electron chi connectivity index (χ4n) is 4.74. The first-order valence-electron chi connectivity index (χ1n) is 11.7. The molecule has 0 aromatic heterocycles. The Morgan fingerprint density at radius 2 is 2.09 bits per heavy atom. The van der Waals surface area contributed by atoms with Crippen molar-refractivity contribution in [3.8, 4) is 5.75 Å². The molecular formula is C25H34ClFO7. The standard InChI is InChI=1S/C25H34ClFO7/c1-14(2)24(25(30)31)34-12-15-3-5-21-20(22(29)10-23(21)33-11-15)6-4-18(28)13-32-19-8-16(26)7-17(27)9-19/h4,6-9,14-15,18,20-24,28-29H,3,5,10-13H2,1-2H3,(H,30,31)/b6-4+/t15-,18-,20-,21-,22-,23+,24?/m1/s1. The van der Waals surface area contributed by atoms with Crippen LogP contribution < -0.4 is 4.74 Å². The van der Waals surface area contributed by atoms with Gasteiger partial charge in [-0.25, -0.2) is 9.18 Å². The Bertz CT molecular complexity index is 828. The van der Waals surface area contributed by atoms with E-state index >= 15 is 0 Å². The van der Waals surface area contributed by atoms with Crippen molar-refractivity contribution in [1.82, 2.24) is 0 Å². The van der Waals surface area contributed by atoms with Gasteiger partial charge in [0.05, 0.1) is 25.4 Å². The molecule has 0 amide bonds. The zero-order chi connectivity index (χ0) is 24.8. The average Bonchev–Trinajstić information content (AvgIpc) is 2.91. The van der Waals surface area contributed by atoms with Crippen LogP contribution in [0.3, 0.4) is 0 Å². The van der Waals surface area contributed by atoms with E-state index in [0.29, 0.717) is 19.6 Å². The van der Waals surface area contributed by atoms with Gasteiger partial charge in [-0.15, -0.1) is 0 Å². The number of hydrogen-bond donors (Lipinski definition) is 3. The summed E-state index contributed by atoms with van der Waals surface area (Å²) in [5.74, 6) is -1.37. The summed E-state index contributed by atoms with van der Waals surface area (Å²) in [4.78, 5) is 11.4. The van der Waals surface area contributed by atoms with Crippen LogP contribution in [0.2, 0.25) is 5.02 Å². The third-order valence-corrected chi connectivity index (χ3v) is 6.74. The predicted molar refractivity (Wildman–Crippen MR) is 124 cm³/mol. The zero-order valence-electron chi connectivity index (χ0n) is 19.5. The maximum Gasteiger partial charge on any atom is 0.333 e. The molecule has 1 heterocycles. The number of carbonyl (C=O) groups is 1. The van der Waals surface area contributed by atoms with Crippen LogP contribution in [0.15, 0.2) is 30.4 Å². The summed E-state index contributed by atoms with van der Waals surface area (Å²) in [6, 6.07) is 3.83. The van der Waals surface area contributed by atoms with Crippen LogP contribution in [-0.4, -0.2) is 65.5 Å². The summed E-state index contributed by atoms with van der Waals surface area (Å²) < 4.78 is 30.6. The molecule has 1 aromatic carbocycles. The van der Waals surface area contributed by atoms with Gasteiger partial charge in [0.2, 0.25) is 0 Å². The van der Waals surface area contributed by atoms with Crippen molar-refractivity contribution in [2.75, 3.05) is 19.8 Å². The van der Waals surface area contributed by atoms with E-state index in [1.165, 1.54) is 18.2 Å². The van der Waals surface area contributed by atoms with Gasteiger partial charge in [0.15, 0.2) is 6.10 Å². The summed E-state index contributed by atoms with van der Waals surface area (Å²) in [6.07, 6.45) is 3.05. The third-order valence-electron chi connectivity index (χ3n) is 6.52. The van der Waals surface area contributed by atoms with E-state index in [1.54, 1.807) is 12.2 Å². The second-order valence-electron chi connectivity index (χ2n) is 9.56. The van der Waals surface area contributed by atoms with Crippen molar-refractivity contribution < 1.29 is 38.7 Å². The molecule has 1 saturated carbocycles. The number of rotatable bonds is 10. The summed E-state index contributed by atoms with van der Waals surface area (Å²) >= 11 is 5.81. The fraction of sp³-hybridized carbons (Fsp3) is 0.640. The normalized spacial score (nSPS) is 29.1. The van der Waals surface area contributed by atoms with Crippen molar-refractivity contribution in [3.63, 3.8) is 0 Å². The first-order valence-corrected chi connectivity index (χ1v) is 12.1. The molecule has 190 valence electrons.